The molecule has 0 saturated heterocycles. The summed E-state index contributed by atoms with van der Waals surface area (Å²) < 4.78 is 10.4. The number of esters is 1. The van der Waals surface area contributed by atoms with Gasteiger partial charge < -0.3 is 9.47 Å². The standard InChI is InChI=1S/C14H11NO5S/c1-19-12-9-10(6-7-15(17)18)4-5-11(12)20-14(16)13-3-2-8-21-13/h2-9H,1H3/b7-6+. The topological polar surface area (TPSA) is 78.7 Å². The smallest absolute Gasteiger partial charge is 0.353 e. The van der Waals surface area contributed by atoms with Crippen LogP contribution in [0.4, 0.5) is 0 Å². The number of benzene rings is 1. The number of thiophene rings is 1. The second-order valence-electron chi connectivity index (χ2n) is 3.88. The summed E-state index contributed by atoms with van der Waals surface area (Å²) in [6.45, 7) is 0. The van der Waals surface area contributed by atoms with Crippen LogP contribution < -0.4 is 9.47 Å². The summed E-state index contributed by atoms with van der Waals surface area (Å²) in [6, 6.07) is 8.10. The monoisotopic (exact) mass is 305 g/mol. The molecular formula is C14H11NO5S. The molecule has 0 atom stereocenters. The quantitative estimate of drug-likeness (QED) is 0.367. The number of nitro groups is 1. The Morgan fingerprint density at radius 1 is 1.33 bits per heavy atom. The van der Waals surface area contributed by atoms with Crippen molar-refractivity contribution in [2.45, 2.75) is 0 Å². The molecule has 1 aromatic carbocycles. The van der Waals surface area contributed by atoms with Gasteiger partial charge in [0.05, 0.1) is 12.0 Å². The van der Waals surface area contributed by atoms with Gasteiger partial charge in [0.15, 0.2) is 11.5 Å². The van der Waals surface area contributed by atoms with Gasteiger partial charge >= 0.3 is 5.97 Å². The molecule has 6 nitrogen and oxygen atoms in total. The van der Waals surface area contributed by atoms with Crippen molar-refractivity contribution < 1.29 is 19.2 Å². The van der Waals surface area contributed by atoms with Crippen LogP contribution in [0.2, 0.25) is 0 Å². The van der Waals surface area contributed by atoms with Gasteiger partial charge in [0.2, 0.25) is 6.20 Å². The summed E-state index contributed by atoms with van der Waals surface area (Å²) in [5.41, 5.74) is 0.569. The maximum Gasteiger partial charge on any atom is 0.353 e. The van der Waals surface area contributed by atoms with E-state index in [9.17, 15) is 14.9 Å². The molecule has 0 radical (unpaired) electrons. The highest BCUT2D eigenvalue weighted by molar-refractivity contribution is 7.12. The number of carbonyl (C=O) groups is 1. The Hall–Kier alpha value is -2.67. The molecule has 2 aromatic rings. The van der Waals surface area contributed by atoms with Crippen LogP contribution in [0.5, 0.6) is 11.5 Å². The predicted octanol–water partition coefficient (Wildman–Crippen LogP) is 3.22. The molecule has 0 spiro atoms. The first-order valence-electron chi connectivity index (χ1n) is 5.85. The molecule has 2 rings (SSSR count). The Bertz CT molecular complexity index is 679. The van der Waals surface area contributed by atoms with E-state index in [0.717, 1.165) is 6.20 Å². The van der Waals surface area contributed by atoms with Crippen molar-refractivity contribution >= 4 is 23.4 Å². The molecule has 21 heavy (non-hydrogen) atoms. The minimum absolute atomic E-state index is 0.258. The van der Waals surface area contributed by atoms with E-state index in [2.05, 4.69) is 0 Å². The lowest BCUT2D eigenvalue weighted by atomic mass is 10.2. The predicted molar refractivity (Wildman–Crippen MR) is 78.3 cm³/mol. The second kappa shape index (κ2) is 6.67. The van der Waals surface area contributed by atoms with Gasteiger partial charge in [0, 0.05) is 6.08 Å². The lowest BCUT2D eigenvalue weighted by molar-refractivity contribution is -0.400. The number of methoxy groups -OCH3 is 1. The molecule has 1 heterocycles. The third-order valence-corrected chi connectivity index (χ3v) is 3.35. The fraction of sp³-hybridized carbons (Fsp3) is 0.0714. The average Bonchev–Trinajstić information content (AvgIpc) is 3.00. The summed E-state index contributed by atoms with van der Waals surface area (Å²) in [4.78, 5) is 22.1. The van der Waals surface area contributed by atoms with Crippen molar-refractivity contribution in [1.29, 1.82) is 0 Å². The van der Waals surface area contributed by atoms with Crippen LogP contribution in [0.1, 0.15) is 15.2 Å². The number of ether oxygens (including phenoxy) is 2. The van der Waals surface area contributed by atoms with Crippen molar-refractivity contribution in [1.82, 2.24) is 0 Å². The van der Waals surface area contributed by atoms with Crippen molar-refractivity contribution in [2.24, 2.45) is 0 Å². The van der Waals surface area contributed by atoms with Crippen molar-refractivity contribution in [3.8, 4) is 11.5 Å². The van der Waals surface area contributed by atoms with Crippen LogP contribution in [0.25, 0.3) is 6.08 Å². The van der Waals surface area contributed by atoms with Crippen LogP contribution in [0.15, 0.2) is 41.9 Å². The van der Waals surface area contributed by atoms with E-state index in [0.29, 0.717) is 16.2 Å². The molecule has 108 valence electrons. The fourth-order valence-electron chi connectivity index (χ4n) is 1.56. The molecular weight excluding hydrogens is 294 g/mol. The van der Waals surface area contributed by atoms with Crippen LogP contribution in [-0.2, 0) is 0 Å². The van der Waals surface area contributed by atoms with E-state index in [1.165, 1.54) is 30.6 Å². The Morgan fingerprint density at radius 2 is 2.14 bits per heavy atom. The van der Waals surface area contributed by atoms with Gasteiger partial charge in [0.25, 0.3) is 0 Å². The first-order chi connectivity index (χ1) is 10.1. The summed E-state index contributed by atoms with van der Waals surface area (Å²) in [7, 11) is 1.43. The zero-order chi connectivity index (χ0) is 15.2. The normalized spacial score (nSPS) is 10.5. The Balaban J connectivity index is 2.20. The lowest BCUT2D eigenvalue weighted by Gasteiger charge is -2.09. The van der Waals surface area contributed by atoms with E-state index in [1.54, 1.807) is 29.6 Å². The SMILES string of the molecule is COc1cc(/C=C/[N+](=O)[O-])ccc1OC(=O)c1cccs1. The molecule has 1 aromatic heterocycles. The highest BCUT2D eigenvalue weighted by Crippen LogP contribution is 2.29. The highest BCUT2D eigenvalue weighted by atomic mass is 32.1. The molecule has 0 saturated carbocycles. The van der Waals surface area contributed by atoms with E-state index < -0.39 is 10.9 Å². The van der Waals surface area contributed by atoms with Crippen molar-refractivity contribution in [3.05, 3.63) is 62.5 Å². The summed E-state index contributed by atoms with van der Waals surface area (Å²) in [6.07, 6.45) is 2.15. The molecule has 0 N–H and O–H groups in total. The summed E-state index contributed by atoms with van der Waals surface area (Å²) >= 11 is 1.28. The van der Waals surface area contributed by atoms with Gasteiger partial charge in [-0.05, 0) is 29.1 Å². The largest absolute Gasteiger partial charge is 0.493 e. The Morgan fingerprint density at radius 3 is 2.76 bits per heavy atom. The minimum Gasteiger partial charge on any atom is -0.493 e. The van der Waals surface area contributed by atoms with Crippen LogP contribution >= 0.6 is 11.3 Å². The highest BCUT2D eigenvalue weighted by Gasteiger charge is 2.13. The van der Waals surface area contributed by atoms with Gasteiger partial charge in [0.1, 0.15) is 4.88 Å². The van der Waals surface area contributed by atoms with E-state index in [1.807, 2.05) is 0 Å². The first-order valence-corrected chi connectivity index (χ1v) is 6.73. The molecule has 0 aliphatic heterocycles. The van der Waals surface area contributed by atoms with Gasteiger partial charge in [-0.15, -0.1) is 11.3 Å². The van der Waals surface area contributed by atoms with Crippen LogP contribution in [-0.4, -0.2) is 18.0 Å². The zero-order valence-electron chi connectivity index (χ0n) is 11.0. The maximum absolute atomic E-state index is 11.9. The van der Waals surface area contributed by atoms with Crippen molar-refractivity contribution in [3.63, 3.8) is 0 Å². The molecule has 0 unspecified atom stereocenters. The number of hydrogen-bond acceptors (Lipinski definition) is 6. The van der Waals surface area contributed by atoms with Crippen molar-refractivity contribution in [2.75, 3.05) is 7.11 Å². The summed E-state index contributed by atoms with van der Waals surface area (Å²) in [5, 5.41) is 12.1. The van der Waals surface area contributed by atoms with Gasteiger partial charge in [-0.1, -0.05) is 12.1 Å². The molecule has 0 bridgehead atoms. The Kier molecular flexibility index (Phi) is 4.68. The van der Waals surface area contributed by atoms with Crippen LogP contribution in [0.3, 0.4) is 0 Å². The van der Waals surface area contributed by atoms with Crippen LogP contribution in [0, 0.1) is 10.1 Å². The maximum atomic E-state index is 11.9. The zero-order valence-corrected chi connectivity index (χ0v) is 11.8. The summed E-state index contributed by atoms with van der Waals surface area (Å²) in [5.74, 6) is 0.108. The number of carbonyl (C=O) groups excluding carboxylic acids is 1. The number of nitrogens with zero attached hydrogens (tertiary/aromatic N) is 1. The van der Waals surface area contributed by atoms with Gasteiger partial charge in [-0.2, -0.15) is 0 Å². The molecule has 0 amide bonds. The Labute approximate surface area is 124 Å². The molecule has 0 fully saturated rings. The number of hydrogen-bond donors (Lipinski definition) is 0. The van der Waals surface area contributed by atoms with E-state index in [4.69, 9.17) is 9.47 Å². The number of rotatable bonds is 5. The molecule has 0 aliphatic rings. The van der Waals surface area contributed by atoms with Gasteiger partial charge in [-0.3, -0.25) is 10.1 Å². The molecule has 0 aliphatic carbocycles. The van der Waals surface area contributed by atoms with E-state index in [-0.39, 0.29) is 5.75 Å². The van der Waals surface area contributed by atoms with Gasteiger partial charge in [-0.25, -0.2) is 4.79 Å². The van der Waals surface area contributed by atoms with E-state index >= 15 is 0 Å². The second-order valence-corrected chi connectivity index (χ2v) is 4.83. The fourth-order valence-corrected chi connectivity index (χ4v) is 2.16. The first kappa shape index (κ1) is 14.7. The third kappa shape index (κ3) is 3.90. The lowest BCUT2D eigenvalue weighted by Crippen LogP contribution is -2.07. The average molecular weight is 305 g/mol. The third-order valence-electron chi connectivity index (χ3n) is 2.50. The molecule has 7 heteroatoms. The minimum atomic E-state index is -0.558.